The molecule has 1 saturated heterocycles. The molecule has 0 bridgehead atoms. The molecule has 1 amide bonds. The zero-order chi connectivity index (χ0) is 25.8. The molecule has 1 N–H and O–H groups in total. The first-order chi connectivity index (χ1) is 17.3. The highest BCUT2D eigenvalue weighted by Crippen LogP contribution is 2.40. The number of carbonyl (C=O) groups excluding carboxylic acids is 3. The molecular weight excluding hydrogens is 456 g/mol. The molecule has 7 nitrogen and oxygen atoms in total. The van der Waals surface area contributed by atoms with Crippen LogP contribution in [-0.2, 0) is 14.4 Å². The first-order valence-corrected chi connectivity index (χ1v) is 12.1. The monoisotopic (exact) mass is 486 g/mol. The van der Waals surface area contributed by atoms with E-state index >= 15 is 0 Å². The first-order valence-electron chi connectivity index (χ1n) is 12.1. The van der Waals surface area contributed by atoms with Gasteiger partial charge in [0.1, 0.15) is 11.5 Å². The van der Waals surface area contributed by atoms with Gasteiger partial charge in [0.05, 0.1) is 11.6 Å². The van der Waals surface area contributed by atoms with Gasteiger partial charge in [0.2, 0.25) is 0 Å². The van der Waals surface area contributed by atoms with E-state index in [2.05, 4.69) is 4.90 Å². The molecule has 1 heterocycles. The highest BCUT2D eigenvalue weighted by molar-refractivity contribution is 6.46. The van der Waals surface area contributed by atoms with Crippen LogP contribution in [-0.4, -0.2) is 58.7 Å². The van der Waals surface area contributed by atoms with Crippen molar-refractivity contribution in [2.24, 2.45) is 0 Å². The van der Waals surface area contributed by atoms with Crippen LogP contribution in [0.15, 0.2) is 72.3 Å². The summed E-state index contributed by atoms with van der Waals surface area (Å²) >= 11 is 0. The van der Waals surface area contributed by atoms with Crippen molar-refractivity contribution < 1.29 is 24.2 Å². The number of carbonyl (C=O) groups is 3. The second-order valence-corrected chi connectivity index (χ2v) is 8.75. The maximum absolute atomic E-state index is 13.3. The molecule has 0 spiro atoms. The van der Waals surface area contributed by atoms with Crippen LogP contribution in [0.2, 0.25) is 0 Å². The molecule has 186 valence electrons. The van der Waals surface area contributed by atoms with Gasteiger partial charge in [-0.15, -0.1) is 0 Å². The van der Waals surface area contributed by atoms with E-state index < -0.39 is 23.7 Å². The Bertz CT molecular complexity index is 1340. The van der Waals surface area contributed by atoms with Crippen LogP contribution in [0.1, 0.15) is 37.9 Å². The minimum Gasteiger partial charge on any atom is -0.507 e. The van der Waals surface area contributed by atoms with Gasteiger partial charge in [-0.25, -0.2) is 0 Å². The molecule has 1 fully saturated rings. The highest BCUT2D eigenvalue weighted by Gasteiger charge is 2.46. The van der Waals surface area contributed by atoms with Crippen LogP contribution in [0.3, 0.4) is 0 Å². The van der Waals surface area contributed by atoms with Gasteiger partial charge in [0, 0.05) is 25.6 Å². The van der Waals surface area contributed by atoms with Crippen LogP contribution in [0.25, 0.3) is 16.5 Å². The zero-order valence-electron chi connectivity index (χ0n) is 20.7. The number of hydrogen-bond donors (Lipinski definition) is 1. The van der Waals surface area contributed by atoms with Crippen LogP contribution in [0, 0.1) is 0 Å². The molecule has 3 aromatic carbocycles. The Morgan fingerprint density at radius 2 is 1.69 bits per heavy atom. The van der Waals surface area contributed by atoms with Crippen molar-refractivity contribution in [3.63, 3.8) is 0 Å². The van der Waals surface area contributed by atoms with Gasteiger partial charge in [-0.05, 0) is 47.6 Å². The Hall–Kier alpha value is -3.97. The number of esters is 1. The van der Waals surface area contributed by atoms with E-state index in [0.29, 0.717) is 30.0 Å². The van der Waals surface area contributed by atoms with Crippen molar-refractivity contribution in [1.29, 1.82) is 0 Å². The quantitative estimate of drug-likeness (QED) is 0.166. The van der Waals surface area contributed by atoms with Crippen molar-refractivity contribution >= 4 is 34.2 Å². The fourth-order valence-electron chi connectivity index (χ4n) is 4.65. The Kier molecular flexibility index (Phi) is 7.50. The number of likely N-dealkylation sites (N-methyl/N-ethyl adjacent to an activating group) is 1. The highest BCUT2D eigenvalue weighted by atomic mass is 16.5. The molecular formula is C29H30N2O5. The molecule has 3 aromatic rings. The maximum Gasteiger partial charge on any atom is 0.308 e. The minimum atomic E-state index is -0.817. The summed E-state index contributed by atoms with van der Waals surface area (Å²) < 4.78 is 5.25. The molecule has 0 saturated carbocycles. The largest absolute Gasteiger partial charge is 0.507 e. The number of aliphatic hydroxyl groups excluding tert-OH is 1. The standard InChI is InChI=1S/C29H30N2O5/c1-4-30(5-2)15-16-31-26(22-11-8-12-24(18-22)36-19(3)32)25(28(34)29(31)35)27(33)23-14-13-20-9-6-7-10-21(20)17-23/h6-14,17-18,26,33H,4-5,15-16H2,1-3H3/b27-25-. The molecule has 36 heavy (non-hydrogen) atoms. The van der Waals surface area contributed by atoms with Crippen molar-refractivity contribution in [2.75, 3.05) is 26.2 Å². The Morgan fingerprint density at radius 1 is 0.972 bits per heavy atom. The summed E-state index contributed by atoms with van der Waals surface area (Å²) in [6.07, 6.45) is 0. The second kappa shape index (κ2) is 10.7. The van der Waals surface area contributed by atoms with Crippen LogP contribution in [0.5, 0.6) is 5.75 Å². The smallest absolute Gasteiger partial charge is 0.308 e. The van der Waals surface area contributed by atoms with Crippen LogP contribution >= 0.6 is 0 Å². The number of hydrogen-bond acceptors (Lipinski definition) is 6. The zero-order valence-corrected chi connectivity index (χ0v) is 20.7. The van der Waals surface area contributed by atoms with Gasteiger partial charge in [-0.3, -0.25) is 14.4 Å². The average Bonchev–Trinajstić information content (AvgIpc) is 3.13. The van der Waals surface area contributed by atoms with Gasteiger partial charge in [-0.1, -0.05) is 62.4 Å². The lowest BCUT2D eigenvalue weighted by Crippen LogP contribution is -2.38. The third-order valence-corrected chi connectivity index (χ3v) is 6.55. The third-order valence-electron chi connectivity index (χ3n) is 6.55. The number of nitrogens with zero attached hydrogens (tertiary/aromatic N) is 2. The summed E-state index contributed by atoms with van der Waals surface area (Å²) in [5, 5.41) is 13.3. The molecule has 0 aromatic heterocycles. The SMILES string of the molecule is CCN(CC)CCN1C(=O)C(=O)/C(=C(\O)c2ccc3ccccc3c2)C1c1cccc(OC(C)=O)c1. The van der Waals surface area contributed by atoms with Gasteiger partial charge in [0.15, 0.2) is 0 Å². The fraction of sp³-hybridized carbons (Fsp3) is 0.276. The van der Waals surface area contributed by atoms with E-state index in [4.69, 9.17) is 4.74 Å². The van der Waals surface area contributed by atoms with E-state index in [-0.39, 0.29) is 11.3 Å². The molecule has 7 heteroatoms. The molecule has 0 aliphatic carbocycles. The number of ether oxygens (including phenoxy) is 1. The van der Waals surface area contributed by atoms with Crippen molar-refractivity contribution in [2.45, 2.75) is 26.8 Å². The van der Waals surface area contributed by atoms with E-state index in [1.807, 2.05) is 44.2 Å². The number of aliphatic hydroxyl groups is 1. The number of rotatable bonds is 8. The Labute approximate surface area is 210 Å². The summed E-state index contributed by atoms with van der Waals surface area (Å²) in [4.78, 5) is 41.7. The second-order valence-electron chi connectivity index (χ2n) is 8.75. The van der Waals surface area contributed by atoms with E-state index in [9.17, 15) is 19.5 Å². The Morgan fingerprint density at radius 3 is 2.39 bits per heavy atom. The number of benzene rings is 3. The van der Waals surface area contributed by atoms with Gasteiger partial charge >= 0.3 is 5.97 Å². The molecule has 1 aliphatic rings. The predicted molar refractivity (Wildman–Crippen MR) is 138 cm³/mol. The minimum absolute atomic E-state index is 0.0230. The number of ketones is 1. The first kappa shape index (κ1) is 25.1. The Balaban J connectivity index is 1.83. The molecule has 4 rings (SSSR count). The van der Waals surface area contributed by atoms with Gasteiger partial charge in [-0.2, -0.15) is 0 Å². The lowest BCUT2D eigenvalue weighted by molar-refractivity contribution is -0.140. The van der Waals surface area contributed by atoms with Gasteiger partial charge in [0.25, 0.3) is 11.7 Å². The van der Waals surface area contributed by atoms with E-state index in [1.165, 1.54) is 11.8 Å². The molecule has 1 aliphatic heterocycles. The lowest BCUT2D eigenvalue weighted by Gasteiger charge is -2.28. The number of fused-ring (bicyclic) bond motifs is 1. The third kappa shape index (κ3) is 5.02. The maximum atomic E-state index is 13.3. The summed E-state index contributed by atoms with van der Waals surface area (Å²) in [6.45, 7) is 7.89. The van der Waals surface area contributed by atoms with Gasteiger partial charge < -0.3 is 19.6 Å². The molecule has 0 radical (unpaired) electrons. The lowest BCUT2D eigenvalue weighted by atomic mass is 9.94. The van der Waals surface area contributed by atoms with Crippen molar-refractivity contribution in [3.05, 3.63) is 83.4 Å². The van der Waals surface area contributed by atoms with Crippen molar-refractivity contribution in [3.8, 4) is 5.75 Å². The topological polar surface area (TPSA) is 87.2 Å². The van der Waals surface area contributed by atoms with Crippen LogP contribution < -0.4 is 4.74 Å². The fourth-order valence-corrected chi connectivity index (χ4v) is 4.65. The van der Waals surface area contributed by atoms with E-state index in [1.54, 1.807) is 36.4 Å². The number of Topliss-reactive ketones (excluding diaryl/α,β-unsaturated/α-hetero) is 1. The normalized spacial score (nSPS) is 17.2. The summed E-state index contributed by atoms with van der Waals surface area (Å²) in [6, 6.07) is 19.1. The molecule has 1 unspecified atom stereocenters. The average molecular weight is 487 g/mol. The van der Waals surface area contributed by atoms with Crippen molar-refractivity contribution in [1.82, 2.24) is 9.80 Å². The van der Waals surface area contributed by atoms with Crippen LogP contribution in [0.4, 0.5) is 0 Å². The molecule has 1 atom stereocenters. The summed E-state index contributed by atoms with van der Waals surface area (Å²) in [7, 11) is 0. The number of amides is 1. The summed E-state index contributed by atoms with van der Waals surface area (Å²) in [5.74, 6) is -1.79. The van der Waals surface area contributed by atoms with E-state index in [0.717, 1.165) is 23.9 Å². The number of likely N-dealkylation sites (tertiary alicyclic amines) is 1. The summed E-state index contributed by atoms with van der Waals surface area (Å²) in [5.41, 5.74) is 1.06. The predicted octanol–water partition coefficient (Wildman–Crippen LogP) is 4.53.